The number of hydrogen-bond donors (Lipinski definition) is 1. The van der Waals surface area contributed by atoms with E-state index >= 15 is 0 Å². The Morgan fingerprint density at radius 2 is 1.94 bits per heavy atom. The molecule has 1 fully saturated rings. The number of carbonyl (C=O) groups excluding carboxylic acids is 1. The fourth-order valence-electron chi connectivity index (χ4n) is 2.12. The lowest BCUT2D eigenvalue weighted by molar-refractivity contribution is -0.121. The molecule has 17 heavy (non-hydrogen) atoms. The minimum atomic E-state index is -0.0754. The highest BCUT2D eigenvalue weighted by Gasteiger charge is 2.25. The van der Waals surface area contributed by atoms with Crippen molar-refractivity contribution in [3.8, 4) is 0 Å². The average Bonchev–Trinajstić information content (AvgIpc) is 2.33. The molecule has 1 aromatic rings. The van der Waals surface area contributed by atoms with Gasteiger partial charge in [-0.3, -0.25) is 4.79 Å². The quantitative estimate of drug-likeness (QED) is 0.847. The highest BCUT2D eigenvalue weighted by molar-refractivity contribution is 5.97. The molecular weight excluding hydrogens is 212 g/mol. The smallest absolute Gasteiger partial charge is 0.243 e. The van der Waals surface area contributed by atoms with Gasteiger partial charge in [0.15, 0.2) is 0 Å². The summed E-state index contributed by atoms with van der Waals surface area (Å²) in [6, 6.07) is 8.24. The molecule has 0 bridgehead atoms. The number of nitrogens with zero attached hydrogens (tertiary/aromatic N) is 1. The van der Waals surface area contributed by atoms with Crippen LogP contribution < -0.4 is 10.2 Å². The molecule has 1 N–H and O–H groups in total. The van der Waals surface area contributed by atoms with Gasteiger partial charge in [-0.15, -0.1) is 0 Å². The third kappa shape index (κ3) is 2.50. The lowest BCUT2D eigenvalue weighted by Crippen LogP contribution is -2.53. The lowest BCUT2D eigenvalue weighted by atomic mass is 10.0. The van der Waals surface area contributed by atoms with Crippen LogP contribution in [-0.2, 0) is 4.79 Å². The van der Waals surface area contributed by atoms with E-state index in [0.717, 1.165) is 18.8 Å². The summed E-state index contributed by atoms with van der Waals surface area (Å²) < 4.78 is 0. The van der Waals surface area contributed by atoms with Gasteiger partial charge in [0.05, 0.1) is 6.04 Å². The van der Waals surface area contributed by atoms with Crippen molar-refractivity contribution in [2.45, 2.75) is 32.7 Å². The summed E-state index contributed by atoms with van der Waals surface area (Å²) in [4.78, 5) is 13.9. The van der Waals surface area contributed by atoms with E-state index in [1.807, 2.05) is 24.0 Å². The lowest BCUT2D eigenvalue weighted by Gasteiger charge is -2.31. The van der Waals surface area contributed by atoms with Crippen LogP contribution in [-0.4, -0.2) is 25.0 Å². The van der Waals surface area contributed by atoms with E-state index in [4.69, 9.17) is 0 Å². The standard InChI is InChI=1S/C14H20N2O/c1-10(2)12-4-6-13(7-5-12)16-9-8-15-11(3)14(16)17/h4-7,10-11,15H,8-9H2,1-3H3. The number of piperazine rings is 1. The van der Waals surface area contributed by atoms with Gasteiger partial charge in [0, 0.05) is 18.8 Å². The van der Waals surface area contributed by atoms with Crippen molar-refractivity contribution in [1.29, 1.82) is 0 Å². The summed E-state index contributed by atoms with van der Waals surface area (Å²) in [7, 11) is 0. The van der Waals surface area contributed by atoms with E-state index in [0.29, 0.717) is 5.92 Å². The molecule has 1 aliphatic heterocycles. The van der Waals surface area contributed by atoms with Crippen LogP contribution in [0.1, 0.15) is 32.3 Å². The number of nitrogens with one attached hydrogen (secondary N) is 1. The first-order chi connectivity index (χ1) is 8.09. The van der Waals surface area contributed by atoms with Crippen LogP contribution in [0, 0.1) is 0 Å². The first-order valence-electron chi connectivity index (χ1n) is 6.24. The highest BCUT2D eigenvalue weighted by Crippen LogP contribution is 2.21. The third-order valence-corrected chi connectivity index (χ3v) is 3.29. The summed E-state index contributed by atoms with van der Waals surface area (Å²) in [5.41, 5.74) is 2.32. The summed E-state index contributed by atoms with van der Waals surface area (Å²) in [6.07, 6.45) is 0. The Labute approximate surface area is 103 Å². The Balaban J connectivity index is 2.19. The van der Waals surface area contributed by atoms with Gasteiger partial charge in [-0.2, -0.15) is 0 Å². The van der Waals surface area contributed by atoms with E-state index in [-0.39, 0.29) is 11.9 Å². The SMILES string of the molecule is CC1NCCN(c2ccc(C(C)C)cc2)C1=O. The molecule has 3 nitrogen and oxygen atoms in total. The van der Waals surface area contributed by atoms with Crippen molar-refractivity contribution in [2.24, 2.45) is 0 Å². The molecule has 1 atom stereocenters. The van der Waals surface area contributed by atoms with Gasteiger partial charge in [0.1, 0.15) is 0 Å². The molecule has 1 saturated heterocycles. The Bertz CT molecular complexity index is 397. The summed E-state index contributed by atoms with van der Waals surface area (Å²) in [6.45, 7) is 7.88. The van der Waals surface area contributed by atoms with Crippen LogP contribution in [0.4, 0.5) is 5.69 Å². The number of hydrogen-bond acceptors (Lipinski definition) is 2. The van der Waals surface area contributed by atoms with E-state index in [1.165, 1.54) is 5.56 Å². The van der Waals surface area contributed by atoms with Crippen molar-refractivity contribution in [2.75, 3.05) is 18.0 Å². The molecule has 1 aromatic carbocycles. The Kier molecular flexibility index (Phi) is 3.48. The average molecular weight is 232 g/mol. The molecule has 1 unspecified atom stereocenters. The topological polar surface area (TPSA) is 32.3 Å². The van der Waals surface area contributed by atoms with Crippen molar-refractivity contribution in [1.82, 2.24) is 5.32 Å². The van der Waals surface area contributed by atoms with Crippen molar-refractivity contribution >= 4 is 11.6 Å². The Morgan fingerprint density at radius 3 is 2.53 bits per heavy atom. The molecule has 0 aromatic heterocycles. The number of carbonyl (C=O) groups is 1. The van der Waals surface area contributed by atoms with Crippen LogP contribution >= 0.6 is 0 Å². The summed E-state index contributed by atoms with van der Waals surface area (Å²) in [5.74, 6) is 0.690. The first-order valence-corrected chi connectivity index (χ1v) is 6.24. The zero-order valence-electron chi connectivity index (χ0n) is 10.7. The van der Waals surface area contributed by atoms with Crippen LogP contribution in [0.25, 0.3) is 0 Å². The van der Waals surface area contributed by atoms with Gasteiger partial charge >= 0.3 is 0 Å². The second-order valence-corrected chi connectivity index (χ2v) is 4.91. The predicted octanol–water partition coefficient (Wildman–Crippen LogP) is 2.13. The Morgan fingerprint density at radius 1 is 1.29 bits per heavy atom. The normalized spacial score (nSPS) is 21.1. The number of anilines is 1. The highest BCUT2D eigenvalue weighted by atomic mass is 16.2. The second kappa shape index (κ2) is 4.88. The first kappa shape index (κ1) is 12.1. The monoisotopic (exact) mass is 232 g/mol. The van der Waals surface area contributed by atoms with Crippen molar-refractivity contribution in [3.63, 3.8) is 0 Å². The molecule has 0 spiro atoms. The molecule has 92 valence electrons. The van der Waals surface area contributed by atoms with E-state index in [2.05, 4.69) is 31.3 Å². The summed E-state index contributed by atoms with van der Waals surface area (Å²) >= 11 is 0. The van der Waals surface area contributed by atoms with Crippen molar-refractivity contribution in [3.05, 3.63) is 29.8 Å². The fourth-order valence-corrected chi connectivity index (χ4v) is 2.12. The molecule has 2 rings (SSSR count). The molecule has 0 saturated carbocycles. The van der Waals surface area contributed by atoms with Gasteiger partial charge in [0.25, 0.3) is 0 Å². The van der Waals surface area contributed by atoms with Crippen molar-refractivity contribution < 1.29 is 4.79 Å². The van der Waals surface area contributed by atoms with Crippen LogP contribution in [0.5, 0.6) is 0 Å². The largest absolute Gasteiger partial charge is 0.310 e. The zero-order chi connectivity index (χ0) is 12.4. The summed E-state index contributed by atoms with van der Waals surface area (Å²) in [5, 5.41) is 3.17. The number of rotatable bonds is 2. The molecule has 3 heteroatoms. The second-order valence-electron chi connectivity index (χ2n) is 4.91. The maximum absolute atomic E-state index is 12.0. The van der Waals surface area contributed by atoms with E-state index < -0.39 is 0 Å². The third-order valence-electron chi connectivity index (χ3n) is 3.29. The minimum absolute atomic E-state index is 0.0754. The number of amides is 1. The van der Waals surface area contributed by atoms with Gasteiger partial charge < -0.3 is 10.2 Å². The minimum Gasteiger partial charge on any atom is -0.310 e. The van der Waals surface area contributed by atoms with Gasteiger partial charge in [-0.1, -0.05) is 26.0 Å². The predicted molar refractivity (Wildman–Crippen MR) is 70.3 cm³/mol. The maximum atomic E-state index is 12.0. The molecule has 1 amide bonds. The van der Waals surface area contributed by atoms with Gasteiger partial charge in [-0.25, -0.2) is 0 Å². The molecule has 0 radical (unpaired) electrons. The Hall–Kier alpha value is -1.35. The molecule has 0 aliphatic carbocycles. The van der Waals surface area contributed by atoms with E-state index in [9.17, 15) is 4.79 Å². The van der Waals surface area contributed by atoms with Gasteiger partial charge in [0.2, 0.25) is 5.91 Å². The fraction of sp³-hybridized carbons (Fsp3) is 0.500. The van der Waals surface area contributed by atoms with Crippen LogP contribution in [0.2, 0.25) is 0 Å². The molecular formula is C14H20N2O. The van der Waals surface area contributed by atoms with Crippen LogP contribution in [0.3, 0.4) is 0 Å². The maximum Gasteiger partial charge on any atom is 0.243 e. The van der Waals surface area contributed by atoms with E-state index in [1.54, 1.807) is 0 Å². The number of benzene rings is 1. The zero-order valence-corrected chi connectivity index (χ0v) is 10.7. The molecule has 1 aliphatic rings. The molecule has 1 heterocycles. The van der Waals surface area contributed by atoms with Gasteiger partial charge in [-0.05, 0) is 30.5 Å². The van der Waals surface area contributed by atoms with Crippen LogP contribution in [0.15, 0.2) is 24.3 Å².